The van der Waals surface area contributed by atoms with Crippen molar-refractivity contribution in [1.82, 2.24) is 4.90 Å². The average Bonchev–Trinajstić information content (AvgIpc) is 2.46. The minimum atomic E-state index is -0.744. The van der Waals surface area contributed by atoms with Crippen molar-refractivity contribution in [3.63, 3.8) is 0 Å². The first-order chi connectivity index (χ1) is 10.1. The Hall–Kier alpha value is -1.55. The molecule has 0 fully saturated rings. The zero-order valence-electron chi connectivity index (χ0n) is 13.5. The lowest BCUT2D eigenvalue weighted by atomic mass is 10.1. The molecule has 0 atom stereocenters. The van der Waals surface area contributed by atoms with E-state index >= 15 is 0 Å². The van der Waals surface area contributed by atoms with Gasteiger partial charge in [0.25, 0.3) is 0 Å². The summed E-state index contributed by atoms with van der Waals surface area (Å²) in [6, 6.07) is 8.63. The van der Waals surface area contributed by atoms with Crippen molar-refractivity contribution in [3.8, 4) is 0 Å². The number of carboxylic acids is 1. The molecule has 1 rings (SSSR count). The summed E-state index contributed by atoms with van der Waals surface area (Å²) in [5.41, 5.74) is 2.50. The van der Waals surface area contributed by atoms with Gasteiger partial charge in [-0.25, -0.2) is 0 Å². The first-order valence-corrected chi connectivity index (χ1v) is 7.81. The number of carbonyl (C=O) groups is 1. The molecule has 0 bridgehead atoms. The summed E-state index contributed by atoms with van der Waals surface area (Å²) in [7, 11) is 1.96. The van der Waals surface area contributed by atoms with Gasteiger partial charge in [0.1, 0.15) is 0 Å². The molecule has 0 aliphatic rings. The molecule has 0 aliphatic carbocycles. The third kappa shape index (κ3) is 6.63. The minimum Gasteiger partial charge on any atom is -0.481 e. The molecule has 0 radical (unpaired) electrons. The molecule has 118 valence electrons. The van der Waals surface area contributed by atoms with Crippen LogP contribution in [0.2, 0.25) is 0 Å². The number of rotatable bonds is 10. The summed E-state index contributed by atoms with van der Waals surface area (Å²) >= 11 is 0. The summed E-state index contributed by atoms with van der Waals surface area (Å²) < 4.78 is 0. The zero-order valence-corrected chi connectivity index (χ0v) is 13.5. The fraction of sp³-hybridized carbons (Fsp3) is 0.588. The molecule has 4 heteroatoms. The molecule has 0 aliphatic heterocycles. The largest absolute Gasteiger partial charge is 0.481 e. The molecular formula is C17H28N2O2. The third-order valence-electron chi connectivity index (χ3n) is 3.45. The predicted molar refractivity (Wildman–Crippen MR) is 87.8 cm³/mol. The molecular weight excluding hydrogens is 264 g/mol. The van der Waals surface area contributed by atoms with Gasteiger partial charge in [-0.1, -0.05) is 26.0 Å². The normalized spacial score (nSPS) is 10.9. The van der Waals surface area contributed by atoms with Gasteiger partial charge in [0.05, 0.1) is 6.42 Å². The monoisotopic (exact) mass is 292 g/mol. The summed E-state index contributed by atoms with van der Waals surface area (Å²) in [5, 5.41) is 8.69. The SMILES string of the molecule is CCCN(CCC)c1ccc(CN(C)CCC(=O)O)cc1. The van der Waals surface area contributed by atoms with Gasteiger partial charge in [0.15, 0.2) is 0 Å². The van der Waals surface area contributed by atoms with Gasteiger partial charge in [-0.3, -0.25) is 4.79 Å². The summed E-state index contributed by atoms with van der Waals surface area (Å²) in [5.74, 6) is -0.744. The second-order valence-electron chi connectivity index (χ2n) is 5.54. The maximum atomic E-state index is 10.6. The molecule has 0 amide bonds. The van der Waals surface area contributed by atoms with Crippen molar-refractivity contribution in [3.05, 3.63) is 29.8 Å². The van der Waals surface area contributed by atoms with Gasteiger partial charge >= 0.3 is 5.97 Å². The summed E-state index contributed by atoms with van der Waals surface area (Å²) in [6.45, 7) is 7.95. The molecule has 0 aromatic heterocycles. The van der Waals surface area contributed by atoms with Crippen LogP contribution in [0.15, 0.2) is 24.3 Å². The Bertz CT molecular complexity index is 411. The van der Waals surface area contributed by atoms with Crippen LogP contribution in [0, 0.1) is 0 Å². The van der Waals surface area contributed by atoms with Crippen LogP contribution < -0.4 is 4.90 Å². The topological polar surface area (TPSA) is 43.8 Å². The third-order valence-corrected chi connectivity index (χ3v) is 3.45. The first-order valence-electron chi connectivity index (χ1n) is 7.81. The lowest BCUT2D eigenvalue weighted by Gasteiger charge is -2.24. The number of carboxylic acid groups (broad SMARTS) is 1. The second kappa shape index (κ2) is 9.40. The van der Waals surface area contributed by atoms with Gasteiger partial charge in [-0.05, 0) is 37.6 Å². The van der Waals surface area contributed by atoms with E-state index in [0.717, 1.165) is 32.5 Å². The highest BCUT2D eigenvalue weighted by Gasteiger charge is 2.06. The number of hydrogen-bond donors (Lipinski definition) is 1. The van der Waals surface area contributed by atoms with Gasteiger partial charge in [0, 0.05) is 31.9 Å². The van der Waals surface area contributed by atoms with Crippen LogP contribution in [-0.2, 0) is 11.3 Å². The zero-order chi connectivity index (χ0) is 15.7. The fourth-order valence-corrected chi connectivity index (χ4v) is 2.40. The van der Waals surface area contributed by atoms with Crippen LogP contribution in [0.25, 0.3) is 0 Å². The van der Waals surface area contributed by atoms with E-state index in [-0.39, 0.29) is 6.42 Å². The Morgan fingerprint density at radius 3 is 2.10 bits per heavy atom. The van der Waals surface area contributed by atoms with Crippen LogP contribution in [0.5, 0.6) is 0 Å². The van der Waals surface area contributed by atoms with Crippen molar-refractivity contribution in [2.75, 3.05) is 31.6 Å². The second-order valence-corrected chi connectivity index (χ2v) is 5.54. The quantitative estimate of drug-likeness (QED) is 0.719. The number of aliphatic carboxylic acids is 1. The van der Waals surface area contributed by atoms with Gasteiger partial charge in [-0.15, -0.1) is 0 Å². The van der Waals surface area contributed by atoms with Gasteiger partial charge < -0.3 is 14.9 Å². The van der Waals surface area contributed by atoms with Crippen molar-refractivity contribution >= 4 is 11.7 Å². The van der Waals surface area contributed by atoms with Gasteiger partial charge in [-0.2, -0.15) is 0 Å². The highest BCUT2D eigenvalue weighted by atomic mass is 16.4. The molecule has 4 nitrogen and oxygen atoms in total. The molecule has 21 heavy (non-hydrogen) atoms. The van der Waals surface area contributed by atoms with E-state index in [1.165, 1.54) is 11.3 Å². The van der Waals surface area contributed by atoms with Gasteiger partial charge in [0.2, 0.25) is 0 Å². The number of hydrogen-bond acceptors (Lipinski definition) is 3. The Balaban J connectivity index is 2.57. The molecule has 1 aromatic carbocycles. The van der Waals surface area contributed by atoms with Crippen LogP contribution in [0.3, 0.4) is 0 Å². The molecule has 1 aromatic rings. The van der Waals surface area contributed by atoms with Crippen molar-refractivity contribution in [1.29, 1.82) is 0 Å². The standard InChI is InChI=1S/C17H28N2O2/c1-4-11-19(12-5-2)16-8-6-15(7-9-16)14-18(3)13-10-17(20)21/h6-9H,4-5,10-14H2,1-3H3,(H,20,21). The van der Waals surface area contributed by atoms with Crippen LogP contribution in [-0.4, -0.2) is 42.7 Å². The average molecular weight is 292 g/mol. The molecule has 1 N–H and O–H groups in total. The van der Waals surface area contributed by atoms with E-state index < -0.39 is 5.97 Å². The van der Waals surface area contributed by atoms with Crippen LogP contribution in [0.4, 0.5) is 5.69 Å². The lowest BCUT2D eigenvalue weighted by molar-refractivity contribution is -0.137. The van der Waals surface area contributed by atoms with Crippen molar-refractivity contribution in [2.45, 2.75) is 39.7 Å². The summed E-state index contributed by atoms with van der Waals surface area (Å²) in [6.07, 6.45) is 2.49. The minimum absolute atomic E-state index is 0.190. The molecule has 0 saturated carbocycles. The van der Waals surface area contributed by atoms with E-state index in [4.69, 9.17) is 5.11 Å². The van der Waals surface area contributed by atoms with E-state index in [1.807, 2.05) is 11.9 Å². The number of nitrogens with zero attached hydrogens (tertiary/aromatic N) is 2. The molecule has 0 saturated heterocycles. The Morgan fingerprint density at radius 2 is 1.62 bits per heavy atom. The van der Waals surface area contributed by atoms with E-state index in [2.05, 4.69) is 43.0 Å². The fourth-order valence-electron chi connectivity index (χ4n) is 2.40. The van der Waals surface area contributed by atoms with Crippen LogP contribution >= 0.6 is 0 Å². The molecule has 0 unspecified atom stereocenters. The van der Waals surface area contributed by atoms with E-state index in [1.54, 1.807) is 0 Å². The Morgan fingerprint density at radius 1 is 1.05 bits per heavy atom. The smallest absolute Gasteiger partial charge is 0.304 e. The molecule has 0 heterocycles. The Kier molecular flexibility index (Phi) is 7.83. The van der Waals surface area contributed by atoms with Crippen LogP contribution in [0.1, 0.15) is 38.7 Å². The molecule has 0 spiro atoms. The maximum Gasteiger partial charge on any atom is 0.304 e. The maximum absolute atomic E-state index is 10.6. The predicted octanol–water partition coefficient (Wildman–Crippen LogP) is 3.22. The summed E-state index contributed by atoms with van der Waals surface area (Å²) in [4.78, 5) is 15.0. The lowest BCUT2D eigenvalue weighted by Crippen LogP contribution is -2.25. The first kappa shape index (κ1) is 17.5. The van der Waals surface area contributed by atoms with Crippen molar-refractivity contribution in [2.24, 2.45) is 0 Å². The van der Waals surface area contributed by atoms with Crippen molar-refractivity contribution < 1.29 is 9.90 Å². The van der Waals surface area contributed by atoms with E-state index in [9.17, 15) is 4.79 Å². The highest BCUT2D eigenvalue weighted by molar-refractivity contribution is 5.66. The highest BCUT2D eigenvalue weighted by Crippen LogP contribution is 2.17. The number of benzene rings is 1. The van der Waals surface area contributed by atoms with E-state index in [0.29, 0.717) is 6.54 Å². The Labute approximate surface area is 128 Å². The number of anilines is 1.